The van der Waals surface area contributed by atoms with Gasteiger partial charge in [-0.3, -0.25) is 4.79 Å². The van der Waals surface area contributed by atoms with Crippen LogP contribution in [0.2, 0.25) is 0 Å². The third-order valence-electron chi connectivity index (χ3n) is 18.0. The fraction of sp³-hybridized carbons (Fsp3) is 0.885. The molecule has 0 rings (SSSR count). The van der Waals surface area contributed by atoms with Crippen molar-refractivity contribution >= 4 is 5.91 Å². The predicted molar refractivity (Wildman–Crippen MR) is 371 cm³/mol. The molecule has 0 heterocycles. The molecule has 0 aromatic heterocycles. The molecule has 6 heteroatoms. The second kappa shape index (κ2) is 72.0. The number of allylic oxidation sites excluding steroid dienone is 8. The minimum atomic E-state index is -1.29. The minimum Gasteiger partial charge on any atom is -0.394 e. The molecule has 496 valence electrons. The Kier molecular flexibility index (Phi) is 70.5. The van der Waals surface area contributed by atoms with Crippen molar-refractivity contribution in [2.24, 2.45) is 0 Å². The van der Waals surface area contributed by atoms with Crippen molar-refractivity contribution in [3.05, 3.63) is 48.6 Å². The van der Waals surface area contributed by atoms with Crippen LogP contribution in [0, 0.1) is 0 Å². The van der Waals surface area contributed by atoms with E-state index in [1.54, 1.807) is 0 Å². The lowest BCUT2D eigenvalue weighted by molar-refractivity contribution is -0.132. The van der Waals surface area contributed by atoms with Crippen molar-refractivity contribution in [1.82, 2.24) is 5.32 Å². The van der Waals surface area contributed by atoms with Gasteiger partial charge in [0.15, 0.2) is 0 Å². The smallest absolute Gasteiger partial charge is 0.249 e. The number of amides is 1. The largest absolute Gasteiger partial charge is 0.394 e. The van der Waals surface area contributed by atoms with Gasteiger partial charge in [0.05, 0.1) is 18.8 Å². The van der Waals surface area contributed by atoms with Crippen molar-refractivity contribution in [3.63, 3.8) is 0 Å². The quantitative estimate of drug-likeness (QED) is 0.0308. The Labute approximate surface area is 525 Å². The summed E-state index contributed by atoms with van der Waals surface area (Å²) in [6.07, 6.45) is 95.6. The molecule has 6 nitrogen and oxygen atoms in total. The summed E-state index contributed by atoms with van der Waals surface area (Å²) in [5, 5.41) is 44.3. The molecule has 4 atom stereocenters. The summed E-state index contributed by atoms with van der Waals surface area (Å²) >= 11 is 0. The number of nitrogens with one attached hydrogen (secondary N) is 1. The summed E-state index contributed by atoms with van der Waals surface area (Å²) in [5.41, 5.74) is 0. The number of aliphatic hydroxyl groups excluding tert-OH is 4. The minimum absolute atomic E-state index is 0.361. The van der Waals surface area contributed by atoms with Crippen LogP contribution >= 0.6 is 0 Å². The fourth-order valence-corrected chi connectivity index (χ4v) is 12.1. The highest BCUT2D eigenvalue weighted by atomic mass is 16.3. The molecule has 0 aliphatic heterocycles. The van der Waals surface area contributed by atoms with Crippen molar-refractivity contribution in [2.75, 3.05) is 6.61 Å². The third-order valence-corrected chi connectivity index (χ3v) is 18.0. The van der Waals surface area contributed by atoms with Gasteiger partial charge in [-0.1, -0.05) is 377 Å². The summed E-state index contributed by atoms with van der Waals surface area (Å²) in [5.74, 6) is -0.592. The van der Waals surface area contributed by atoms with Crippen LogP contribution in [-0.2, 0) is 4.79 Å². The maximum Gasteiger partial charge on any atom is 0.249 e. The highest BCUT2D eigenvalue weighted by Crippen LogP contribution is 2.20. The van der Waals surface area contributed by atoms with Crippen molar-refractivity contribution in [1.29, 1.82) is 0 Å². The first kappa shape index (κ1) is 82.3. The Morgan fingerprint density at radius 3 is 0.821 bits per heavy atom. The number of aliphatic hydroxyl groups is 4. The average Bonchev–Trinajstić information content (AvgIpc) is 3.51. The Hall–Kier alpha value is -1.73. The zero-order valence-electron chi connectivity index (χ0n) is 56.7. The first-order valence-corrected chi connectivity index (χ1v) is 38.0. The molecular formula is C78H149NO5. The Balaban J connectivity index is 3.57. The zero-order chi connectivity index (χ0) is 60.8. The summed E-state index contributed by atoms with van der Waals surface area (Å²) < 4.78 is 0. The number of hydrogen-bond donors (Lipinski definition) is 5. The van der Waals surface area contributed by atoms with E-state index in [0.717, 1.165) is 44.9 Å². The highest BCUT2D eigenvalue weighted by Gasteiger charge is 2.28. The van der Waals surface area contributed by atoms with Crippen LogP contribution in [0.1, 0.15) is 412 Å². The standard InChI is InChI=1S/C78H149NO5/c1-3-5-7-9-11-13-15-17-19-21-23-25-27-29-31-33-35-37-38-39-40-42-44-46-48-50-52-54-56-58-60-62-64-66-68-70-72-76(82)78(84)79-74(73-80)77(83)75(81)71-69-67-65-63-61-59-57-55-53-51-49-47-45-43-41-36-34-32-30-28-26-24-22-20-18-16-14-12-10-8-6-4-2/h31,33,37-38,55,57,63,65,74-77,80-83H,3-30,32,34-36,39-54,56,58-62,64,66-73H2,1-2H3,(H,79,84)/b33-31-,38-37-,57-55+,65-63+. The van der Waals surface area contributed by atoms with E-state index in [4.69, 9.17) is 0 Å². The van der Waals surface area contributed by atoms with Gasteiger partial charge in [0.1, 0.15) is 12.2 Å². The van der Waals surface area contributed by atoms with Crippen molar-refractivity contribution < 1.29 is 25.2 Å². The molecule has 1 amide bonds. The summed E-state index contributed by atoms with van der Waals surface area (Å²) in [6, 6.07) is -1.01. The van der Waals surface area contributed by atoms with Crippen LogP contribution < -0.4 is 5.32 Å². The number of unbranched alkanes of at least 4 members (excludes halogenated alkanes) is 54. The molecule has 0 spiro atoms. The van der Waals surface area contributed by atoms with E-state index in [-0.39, 0.29) is 0 Å². The molecule has 0 fully saturated rings. The zero-order valence-corrected chi connectivity index (χ0v) is 56.7. The van der Waals surface area contributed by atoms with Crippen LogP contribution in [0.15, 0.2) is 48.6 Å². The monoisotopic (exact) mass is 1180 g/mol. The number of hydrogen-bond acceptors (Lipinski definition) is 5. The molecule has 0 aromatic rings. The molecule has 4 unspecified atom stereocenters. The van der Waals surface area contributed by atoms with E-state index >= 15 is 0 Å². The molecule has 0 bridgehead atoms. The first-order valence-electron chi connectivity index (χ1n) is 38.0. The predicted octanol–water partition coefficient (Wildman–Crippen LogP) is 24.0. The summed E-state index contributed by atoms with van der Waals surface area (Å²) in [6.45, 7) is 4.10. The highest BCUT2D eigenvalue weighted by molar-refractivity contribution is 5.80. The summed E-state index contributed by atoms with van der Waals surface area (Å²) in [4.78, 5) is 12.7. The maximum atomic E-state index is 12.7. The van der Waals surface area contributed by atoms with E-state index in [1.807, 2.05) is 0 Å². The molecule has 0 saturated carbocycles. The lowest BCUT2D eigenvalue weighted by atomic mass is 10.00. The van der Waals surface area contributed by atoms with E-state index < -0.39 is 36.9 Å². The van der Waals surface area contributed by atoms with Gasteiger partial charge in [0.25, 0.3) is 0 Å². The lowest BCUT2D eigenvalue weighted by Gasteiger charge is -2.27. The maximum absolute atomic E-state index is 12.7. The van der Waals surface area contributed by atoms with Crippen LogP contribution in [0.25, 0.3) is 0 Å². The normalized spacial score (nSPS) is 13.6. The van der Waals surface area contributed by atoms with Gasteiger partial charge in [0.2, 0.25) is 5.91 Å². The van der Waals surface area contributed by atoms with Crippen LogP contribution in [0.5, 0.6) is 0 Å². The Morgan fingerprint density at radius 2 is 0.536 bits per heavy atom. The van der Waals surface area contributed by atoms with E-state index in [2.05, 4.69) is 67.8 Å². The molecular weight excluding hydrogens is 1030 g/mol. The van der Waals surface area contributed by atoms with Gasteiger partial charge in [-0.2, -0.15) is 0 Å². The van der Waals surface area contributed by atoms with Crippen molar-refractivity contribution in [3.8, 4) is 0 Å². The topological polar surface area (TPSA) is 110 Å². The van der Waals surface area contributed by atoms with Gasteiger partial charge in [-0.15, -0.1) is 0 Å². The van der Waals surface area contributed by atoms with Crippen LogP contribution in [-0.4, -0.2) is 57.3 Å². The molecule has 0 aliphatic carbocycles. The van der Waals surface area contributed by atoms with Gasteiger partial charge >= 0.3 is 0 Å². The first-order chi connectivity index (χ1) is 41.5. The number of carbonyl (C=O) groups excluding carboxylic acids is 1. The molecule has 5 N–H and O–H groups in total. The number of carbonyl (C=O) groups is 1. The fourth-order valence-electron chi connectivity index (χ4n) is 12.1. The second-order valence-electron chi connectivity index (χ2n) is 26.3. The van der Waals surface area contributed by atoms with Crippen LogP contribution in [0.4, 0.5) is 0 Å². The van der Waals surface area contributed by atoms with E-state index in [9.17, 15) is 25.2 Å². The Morgan fingerprint density at radius 1 is 0.298 bits per heavy atom. The average molecular weight is 1180 g/mol. The molecule has 0 radical (unpaired) electrons. The van der Waals surface area contributed by atoms with Crippen LogP contribution in [0.3, 0.4) is 0 Å². The van der Waals surface area contributed by atoms with Crippen molar-refractivity contribution in [2.45, 2.75) is 436 Å². The SMILES string of the molecule is CCCCCCCCCCCCCCC/C=C\C/C=C\CCCCCCCCCCCCCCCCCCC(O)C(=O)NC(CO)C(O)C(O)CCC/C=C/CC/C=C/CCCCCCCCCCCCCCCCCCCCCCCCC. The van der Waals surface area contributed by atoms with Gasteiger partial charge in [-0.05, 0) is 83.5 Å². The van der Waals surface area contributed by atoms with Gasteiger partial charge in [-0.25, -0.2) is 0 Å². The molecule has 84 heavy (non-hydrogen) atoms. The third kappa shape index (κ3) is 64.7. The van der Waals surface area contributed by atoms with E-state index in [1.165, 1.54) is 334 Å². The molecule has 0 saturated heterocycles. The molecule has 0 aliphatic rings. The lowest BCUT2D eigenvalue weighted by Crippen LogP contribution is -2.53. The second-order valence-corrected chi connectivity index (χ2v) is 26.3. The molecule has 0 aromatic carbocycles. The van der Waals surface area contributed by atoms with E-state index in [0.29, 0.717) is 19.3 Å². The number of rotatable bonds is 71. The van der Waals surface area contributed by atoms with Gasteiger partial charge in [0, 0.05) is 0 Å². The Bertz CT molecular complexity index is 1380. The van der Waals surface area contributed by atoms with Gasteiger partial charge < -0.3 is 25.7 Å². The summed E-state index contributed by atoms with van der Waals surface area (Å²) in [7, 11) is 0.